The first-order valence-corrected chi connectivity index (χ1v) is 8.06. The van der Waals surface area contributed by atoms with E-state index in [4.69, 9.17) is 9.31 Å². The van der Waals surface area contributed by atoms with Crippen molar-refractivity contribution < 1.29 is 9.31 Å². The highest BCUT2D eigenvalue weighted by Gasteiger charge is 2.60. The van der Waals surface area contributed by atoms with Gasteiger partial charge in [0.25, 0.3) is 0 Å². The Morgan fingerprint density at radius 1 is 0.952 bits per heavy atom. The van der Waals surface area contributed by atoms with Crippen LogP contribution in [0.2, 0.25) is 5.82 Å². The van der Waals surface area contributed by atoms with Gasteiger partial charge in [0.1, 0.15) is 0 Å². The second kappa shape index (κ2) is 4.60. The van der Waals surface area contributed by atoms with Gasteiger partial charge in [0.15, 0.2) is 0 Å². The predicted molar refractivity (Wildman–Crippen MR) is 87.8 cm³/mol. The van der Waals surface area contributed by atoms with Gasteiger partial charge in [-0.1, -0.05) is 17.7 Å². The zero-order chi connectivity index (χ0) is 15.6. The maximum Gasteiger partial charge on any atom is 0.461 e. The maximum atomic E-state index is 6.22. The molecule has 0 N–H and O–H groups in total. The summed E-state index contributed by atoms with van der Waals surface area (Å²) in [6, 6.07) is 4.59. The highest BCUT2D eigenvalue weighted by Crippen LogP contribution is 2.59. The van der Waals surface area contributed by atoms with Gasteiger partial charge in [0, 0.05) is 5.82 Å². The molecule has 1 aromatic carbocycles. The molecule has 0 aromatic heterocycles. The Morgan fingerprint density at radius 2 is 1.43 bits per heavy atom. The zero-order valence-corrected chi connectivity index (χ0v) is 14.4. The van der Waals surface area contributed by atoms with E-state index in [9.17, 15) is 0 Å². The van der Waals surface area contributed by atoms with Gasteiger partial charge in [0.2, 0.25) is 0 Å². The van der Waals surface area contributed by atoms with Crippen LogP contribution in [0.25, 0.3) is 0 Å². The average Bonchev–Trinajstić information content (AvgIpc) is 3.01. The molecule has 0 spiro atoms. The fraction of sp³-hybridized carbons (Fsp3) is 0.667. The Bertz CT molecular complexity index is 538. The van der Waals surface area contributed by atoms with Gasteiger partial charge in [-0.05, 0) is 77.5 Å². The van der Waals surface area contributed by atoms with Crippen LogP contribution in [0.5, 0.6) is 0 Å². The summed E-state index contributed by atoms with van der Waals surface area (Å²) in [5.41, 5.74) is 5.25. The van der Waals surface area contributed by atoms with E-state index in [1.165, 1.54) is 28.7 Å². The lowest BCUT2D eigenvalue weighted by Crippen LogP contribution is -2.41. The average molecular weight is 286 g/mol. The topological polar surface area (TPSA) is 18.5 Å². The van der Waals surface area contributed by atoms with Gasteiger partial charge in [-0.3, -0.25) is 0 Å². The molecule has 3 heteroatoms. The van der Waals surface area contributed by atoms with E-state index < -0.39 is 0 Å². The molecular weight excluding hydrogens is 259 g/mol. The normalized spacial score (nSPS) is 29.8. The molecule has 2 nitrogen and oxygen atoms in total. The standard InChI is InChI=1S/C18H27BO2/c1-11-8-12(2)16(13(3)9-11)14-10-15(14)19-20-17(4,5)18(6,7)21-19/h8-9,14-15H,10H2,1-7H3. The van der Waals surface area contributed by atoms with Crippen molar-refractivity contribution in [1.82, 2.24) is 0 Å². The summed E-state index contributed by atoms with van der Waals surface area (Å²) in [6.45, 7) is 15.2. The van der Waals surface area contributed by atoms with Crippen LogP contribution in [0, 0.1) is 20.8 Å². The van der Waals surface area contributed by atoms with E-state index in [1.807, 2.05) is 0 Å². The number of rotatable bonds is 2. The van der Waals surface area contributed by atoms with Gasteiger partial charge < -0.3 is 9.31 Å². The largest absolute Gasteiger partial charge is 0.461 e. The van der Waals surface area contributed by atoms with Crippen LogP contribution in [0.3, 0.4) is 0 Å². The Kier molecular flexibility index (Phi) is 3.31. The number of aryl methyl sites for hydroxylation is 3. The number of benzene rings is 1. The van der Waals surface area contributed by atoms with Crippen LogP contribution < -0.4 is 0 Å². The molecular formula is C18H27BO2. The number of hydrogen-bond donors (Lipinski definition) is 0. The van der Waals surface area contributed by atoms with Crippen LogP contribution >= 0.6 is 0 Å². The summed E-state index contributed by atoms with van der Waals surface area (Å²) in [6.07, 6.45) is 1.18. The molecule has 1 aromatic rings. The van der Waals surface area contributed by atoms with E-state index in [0.29, 0.717) is 11.7 Å². The van der Waals surface area contributed by atoms with Crippen LogP contribution in [0.4, 0.5) is 0 Å². The third kappa shape index (κ3) is 2.45. The van der Waals surface area contributed by atoms with Crippen molar-refractivity contribution in [1.29, 1.82) is 0 Å². The Balaban J connectivity index is 1.80. The summed E-state index contributed by atoms with van der Waals surface area (Å²) in [5, 5.41) is 0. The first-order valence-electron chi connectivity index (χ1n) is 8.06. The zero-order valence-electron chi connectivity index (χ0n) is 14.4. The fourth-order valence-electron chi connectivity index (χ4n) is 3.69. The Labute approximate surface area is 129 Å². The van der Waals surface area contributed by atoms with Crippen molar-refractivity contribution in [2.75, 3.05) is 0 Å². The van der Waals surface area contributed by atoms with Gasteiger partial charge in [0.05, 0.1) is 11.2 Å². The molecule has 1 aliphatic heterocycles. The van der Waals surface area contributed by atoms with Crippen LogP contribution in [0.1, 0.15) is 62.3 Å². The quantitative estimate of drug-likeness (QED) is 0.742. The van der Waals surface area contributed by atoms with Crippen LogP contribution in [0.15, 0.2) is 12.1 Å². The Morgan fingerprint density at radius 3 is 1.90 bits per heavy atom. The summed E-state index contributed by atoms with van der Waals surface area (Å²) >= 11 is 0. The molecule has 1 saturated carbocycles. The minimum atomic E-state index is -0.220. The van der Waals surface area contributed by atoms with E-state index in [-0.39, 0.29) is 18.3 Å². The third-order valence-electron chi connectivity index (χ3n) is 5.57. The van der Waals surface area contributed by atoms with Gasteiger partial charge in [-0.15, -0.1) is 0 Å². The van der Waals surface area contributed by atoms with E-state index in [1.54, 1.807) is 0 Å². The van der Waals surface area contributed by atoms with Gasteiger partial charge in [-0.2, -0.15) is 0 Å². The molecule has 114 valence electrons. The highest BCUT2D eigenvalue weighted by atomic mass is 16.7. The first kappa shape index (κ1) is 15.1. The maximum absolute atomic E-state index is 6.22. The SMILES string of the molecule is Cc1cc(C)c(C2CC2B2OC(C)(C)C(C)(C)O2)c(C)c1. The predicted octanol–water partition coefficient (Wildman–Crippen LogP) is 4.56. The molecule has 1 saturated heterocycles. The monoisotopic (exact) mass is 286 g/mol. The smallest absolute Gasteiger partial charge is 0.403 e. The molecule has 2 fully saturated rings. The first-order chi connectivity index (χ1) is 9.62. The van der Waals surface area contributed by atoms with Crippen molar-refractivity contribution in [3.05, 3.63) is 34.4 Å². The van der Waals surface area contributed by atoms with Gasteiger partial charge >= 0.3 is 7.12 Å². The molecule has 0 amide bonds. The van der Waals surface area contributed by atoms with Crippen molar-refractivity contribution >= 4 is 7.12 Å². The fourth-order valence-corrected chi connectivity index (χ4v) is 3.69. The van der Waals surface area contributed by atoms with Gasteiger partial charge in [-0.25, -0.2) is 0 Å². The lowest BCUT2D eigenvalue weighted by atomic mass is 9.78. The van der Waals surface area contributed by atoms with Crippen molar-refractivity contribution in [3.8, 4) is 0 Å². The molecule has 0 bridgehead atoms. The molecule has 0 radical (unpaired) electrons. The molecule has 1 heterocycles. The third-order valence-corrected chi connectivity index (χ3v) is 5.57. The van der Waals surface area contributed by atoms with Crippen molar-refractivity contribution in [2.24, 2.45) is 0 Å². The molecule has 2 aliphatic rings. The van der Waals surface area contributed by atoms with Crippen molar-refractivity contribution in [2.45, 2.75) is 77.8 Å². The van der Waals surface area contributed by atoms with Crippen molar-refractivity contribution in [3.63, 3.8) is 0 Å². The summed E-state index contributed by atoms with van der Waals surface area (Å²) in [7, 11) is -0.0555. The minimum absolute atomic E-state index is 0.0555. The number of hydrogen-bond acceptors (Lipinski definition) is 2. The summed E-state index contributed by atoms with van der Waals surface area (Å²) in [5.74, 6) is 1.10. The molecule has 21 heavy (non-hydrogen) atoms. The molecule has 1 aliphatic carbocycles. The second-order valence-electron chi connectivity index (χ2n) is 7.94. The van der Waals surface area contributed by atoms with E-state index in [0.717, 1.165) is 0 Å². The molecule has 2 atom stereocenters. The molecule has 3 rings (SSSR count). The van der Waals surface area contributed by atoms with E-state index >= 15 is 0 Å². The lowest BCUT2D eigenvalue weighted by molar-refractivity contribution is 0.00578. The lowest BCUT2D eigenvalue weighted by Gasteiger charge is -2.32. The summed E-state index contributed by atoms with van der Waals surface area (Å²) in [4.78, 5) is 0. The van der Waals surface area contributed by atoms with Crippen LogP contribution in [-0.4, -0.2) is 18.3 Å². The molecule has 2 unspecified atom stereocenters. The highest BCUT2D eigenvalue weighted by molar-refractivity contribution is 6.49. The van der Waals surface area contributed by atoms with Crippen LogP contribution in [-0.2, 0) is 9.31 Å². The Hall–Kier alpha value is -0.795. The second-order valence-corrected chi connectivity index (χ2v) is 7.94. The van der Waals surface area contributed by atoms with E-state index in [2.05, 4.69) is 60.6 Å². The minimum Gasteiger partial charge on any atom is -0.403 e. The summed E-state index contributed by atoms with van der Waals surface area (Å²) < 4.78 is 12.4.